The summed E-state index contributed by atoms with van der Waals surface area (Å²) in [6.07, 6.45) is 1.11. The van der Waals surface area contributed by atoms with Gasteiger partial charge in [-0.25, -0.2) is 4.98 Å². The van der Waals surface area contributed by atoms with Crippen LogP contribution in [0.1, 0.15) is 20.8 Å². The van der Waals surface area contributed by atoms with Crippen LogP contribution in [0.2, 0.25) is 5.02 Å². The summed E-state index contributed by atoms with van der Waals surface area (Å²) in [6.45, 7) is 7.04. The second-order valence-corrected chi connectivity index (χ2v) is 4.52. The lowest BCUT2D eigenvalue weighted by atomic mass is 10.1. The van der Waals surface area contributed by atoms with Gasteiger partial charge in [0.2, 0.25) is 5.95 Å². The van der Waals surface area contributed by atoms with Gasteiger partial charge in [0.25, 0.3) is 0 Å². The van der Waals surface area contributed by atoms with Gasteiger partial charge in [-0.3, -0.25) is 0 Å². The highest BCUT2D eigenvalue weighted by Gasteiger charge is 2.11. The normalized spacial score (nSPS) is 12.6. The first kappa shape index (κ1) is 14.0. The number of aliphatic hydroxyl groups is 1. The van der Waals surface area contributed by atoms with Gasteiger partial charge in [0.05, 0.1) is 12.3 Å². The molecule has 0 saturated heterocycles. The summed E-state index contributed by atoms with van der Waals surface area (Å²) in [5.74, 6) is 1.26. The van der Waals surface area contributed by atoms with E-state index < -0.39 is 6.10 Å². The maximum Gasteiger partial charge on any atom is 0.224 e. The van der Waals surface area contributed by atoms with Gasteiger partial charge in [0.15, 0.2) is 5.82 Å². The van der Waals surface area contributed by atoms with Gasteiger partial charge in [-0.15, -0.1) is 0 Å². The van der Waals surface area contributed by atoms with Gasteiger partial charge in [0, 0.05) is 13.1 Å². The summed E-state index contributed by atoms with van der Waals surface area (Å²) in [4.78, 5) is 8.25. The minimum absolute atomic E-state index is 0.191. The quantitative estimate of drug-likeness (QED) is 0.728. The Labute approximate surface area is 107 Å². The van der Waals surface area contributed by atoms with E-state index in [1.165, 1.54) is 6.20 Å². The molecule has 0 aliphatic carbocycles. The number of hydrogen-bond acceptors (Lipinski definition) is 5. The Morgan fingerprint density at radius 3 is 2.71 bits per heavy atom. The highest BCUT2D eigenvalue weighted by atomic mass is 35.5. The van der Waals surface area contributed by atoms with Crippen LogP contribution in [0.15, 0.2) is 6.20 Å². The molecule has 0 bridgehead atoms. The number of aromatic nitrogens is 2. The first-order valence-corrected chi connectivity index (χ1v) is 6.10. The molecule has 17 heavy (non-hydrogen) atoms. The molecule has 5 nitrogen and oxygen atoms in total. The lowest BCUT2D eigenvalue weighted by Crippen LogP contribution is -2.25. The SMILES string of the molecule is CCNc1ncc(Cl)c(NCC(O)C(C)C)n1. The van der Waals surface area contributed by atoms with Crippen LogP contribution in [-0.2, 0) is 0 Å². The minimum Gasteiger partial charge on any atom is -0.391 e. The van der Waals surface area contributed by atoms with Crippen LogP contribution in [-0.4, -0.2) is 34.3 Å². The average Bonchev–Trinajstić information content (AvgIpc) is 2.29. The van der Waals surface area contributed by atoms with Crippen molar-refractivity contribution in [2.24, 2.45) is 5.92 Å². The largest absolute Gasteiger partial charge is 0.391 e. The van der Waals surface area contributed by atoms with Crippen LogP contribution in [0.25, 0.3) is 0 Å². The highest BCUT2D eigenvalue weighted by Crippen LogP contribution is 2.19. The van der Waals surface area contributed by atoms with E-state index in [-0.39, 0.29) is 5.92 Å². The van der Waals surface area contributed by atoms with E-state index in [4.69, 9.17) is 11.6 Å². The van der Waals surface area contributed by atoms with Crippen molar-refractivity contribution >= 4 is 23.4 Å². The molecule has 1 unspecified atom stereocenters. The monoisotopic (exact) mass is 258 g/mol. The highest BCUT2D eigenvalue weighted by molar-refractivity contribution is 6.32. The molecule has 1 heterocycles. The Kier molecular flexibility index (Phi) is 5.44. The van der Waals surface area contributed by atoms with Crippen molar-refractivity contribution in [2.75, 3.05) is 23.7 Å². The molecule has 0 saturated carbocycles. The van der Waals surface area contributed by atoms with Crippen molar-refractivity contribution in [1.29, 1.82) is 0 Å². The van der Waals surface area contributed by atoms with Gasteiger partial charge < -0.3 is 15.7 Å². The van der Waals surface area contributed by atoms with Crippen molar-refractivity contribution in [3.8, 4) is 0 Å². The number of halogens is 1. The van der Waals surface area contributed by atoms with E-state index in [0.29, 0.717) is 23.3 Å². The first-order valence-electron chi connectivity index (χ1n) is 5.73. The molecule has 0 radical (unpaired) electrons. The third-order valence-electron chi connectivity index (χ3n) is 2.33. The maximum absolute atomic E-state index is 9.69. The number of anilines is 2. The van der Waals surface area contributed by atoms with Gasteiger partial charge in [-0.05, 0) is 12.8 Å². The smallest absolute Gasteiger partial charge is 0.224 e. The molecule has 6 heteroatoms. The summed E-state index contributed by atoms with van der Waals surface area (Å²) < 4.78 is 0. The fourth-order valence-electron chi connectivity index (χ4n) is 1.17. The molecule has 96 valence electrons. The van der Waals surface area contributed by atoms with Gasteiger partial charge in [-0.1, -0.05) is 25.4 Å². The topological polar surface area (TPSA) is 70.1 Å². The molecule has 1 rings (SSSR count). The van der Waals surface area contributed by atoms with E-state index in [1.807, 2.05) is 20.8 Å². The number of rotatable bonds is 6. The molecular formula is C11H19ClN4O. The van der Waals surface area contributed by atoms with E-state index >= 15 is 0 Å². The van der Waals surface area contributed by atoms with Gasteiger partial charge in [-0.2, -0.15) is 4.98 Å². The predicted molar refractivity (Wildman–Crippen MR) is 70.5 cm³/mol. The Balaban J connectivity index is 2.66. The lowest BCUT2D eigenvalue weighted by Gasteiger charge is -2.16. The first-order chi connectivity index (χ1) is 8.04. The molecule has 1 aromatic rings. The zero-order chi connectivity index (χ0) is 12.8. The Bertz CT molecular complexity index is 359. The Hall–Kier alpha value is -1.07. The molecule has 1 atom stereocenters. The van der Waals surface area contributed by atoms with Gasteiger partial charge in [0.1, 0.15) is 5.02 Å². The average molecular weight is 259 g/mol. The van der Waals surface area contributed by atoms with Crippen molar-refractivity contribution in [3.63, 3.8) is 0 Å². The lowest BCUT2D eigenvalue weighted by molar-refractivity contribution is 0.138. The fourth-order valence-corrected chi connectivity index (χ4v) is 1.33. The number of aliphatic hydroxyl groups excluding tert-OH is 1. The van der Waals surface area contributed by atoms with Crippen LogP contribution in [0.4, 0.5) is 11.8 Å². The zero-order valence-corrected chi connectivity index (χ0v) is 11.1. The Morgan fingerprint density at radius 1 is 1.41 bits per heavy atom. The van der Waals surface area contributed by atoms with Crippen LogP contribution < -0.4 is 10.6 Å². The van der Waals surface area contributed by atoms with Gasteiger partial charge >= 0.3 is 0 Å². The molecule has 0 spiro atoms. The van der Waals surface area contributed by atoms with E-state index in [2.05, 4.69) is 20.6 Å². The van der Waals surface area contributed by atoms with Crippen LogP contribution in [0, 0.1) is 5.92 Å². The maximum atomic E-state index is 9.69. The molecule has 0 amide bonds. The van der Waals surface area contributed by atoms with Crippen molar-refractivity contribution in [2.45, 2.75) is 26.9 Å². The summed E-state index contributed by atoms with van der Waals surface area (Å²) in [7, 11) is 0. The number of nitrogens with one attached hydrogen (secondary N) is 2. The second kappa shape index (κ2) is 6.61. The summed E-state index contributed by atoms with van der Waals surface area (Å²) >= 11 is 5.96. The van der Waals surface area contributed by atoms with Crippen molar-refractivity contribution in [3.05, 3.63) is 11.2 Å². The molecule has 3 N–H and O–H groups in total. The van der Waals surface area contributed by atoms with Crippen LogP contribution in [0.5, 0.6) is 0 Å². The standard InChI is InChI=1S/C11H19ClN4O/c1-4-13-11-15-5-8(12)10(16-11)14-6-9(17)7(2)3/h5,7,9,17H,4,6H2,1-3H3,(H2,13,14,15,16). The molecule has 1 aromatic heterocycles. The fraction of sp³-hybridized carbons (Fsp3) is 0.636. The molecule has 0 aliphatic rings. The molecular weight excluding hydrogens is 240 g/mol. The zero-order valence-electron chi connectivity index (χ0n) is 10.4. The van der Waals surface area contributed by atoms with Crippen molar-refractivity contribution in [1.82, 2.24) is 9.97 Å². The molecule has 0 fully saturated rings. The minimum atomic E-state index is -0.427. The summed E-state index contributed by atoms with van der Waals surface area (Å²) in [5, 5.41) is 16.2. The summed E-state index contributed by atoms with van der Waals surface area (Å²) in [6, 6.07) is 0. The van der Waals surface area contributed by atoms with E-state index in [0.717, 1.165) is 6.54 Å². The third-order valence-corrected chi connectivity index (χ3v) is 2.60. The molecule has 0 aromatic carbocycles. The predicted octanol–water partition coefficient (Wildman–Crippen LogP) is 1.99. The number of hydrogen-bond donors (Lipinski definition) is 3. The van der Waals surface area contributed by atoms with E-state index in [1.54, 1.807) is 0 Å². The Morgan fingerprint density at radius 2 is 2.12 bits per heavy atom. The van der Waals surface area contributed by atoms with Crippen LogP contribution in [0.3, 0.4) is 0 Å². The summed E-state index contributed by atoms with van der Waals surface area (Å²) in [5.41, 5.74) is 0. The third kappa shape index (κ3) is 4.36. The molecule has 0 aliphatic heterocycles. The van der Waals surface area contributed by atoms with Crippen molar-refractivity contribution < 1.29 is 5.11 Å². The van der Waals surface area contributed by atoms with Crippen LogP contribution >= 0.6 is 11.6 Å². The van der Waals surface area contributed by atoms with E-state index in [9.17, 15) is 5.11 Å². The second-order valence-electron chi connectivity index (χ2n) is 4.11. The number of nitrogens with zero attached hydrogens (tertiary/aromatic N) is 2.